The van der Waals surface area contributed by atoms with Gasteiger partial charge in [-0.3, -0.25) is 14.9 Å². The number of methoxy groups -OCH3 is 1. The molecule has 0 bridgehead atoms. The van der Waals surface area contributed by atoms with Gasteiger partial charge in [0, 0.05) is 23.4 Å². The summed E-state index contributed by atoms with van der Waals surface area (Å²) in [4.78, 5) is 22.6. The van der Waals surface area contributed by atoms with Crippen LogP contribution in [-0.2, 0) is 0 Å². The summed E-state index contributed by atoms with van der Waals surface area (Å²) < 4.78 is 3.18. The Morgan fingerprint density at radius 2 is 1.85 bits per heavy atom. The summed E-state index contributed by atoms with van der Waals surface area (Å²) in [6, 6.07) is 12.0. The number of nitrogens with one attached hydrogen (secondary N) is 2. The highest BCUT2D eigenvalue weighted by Crippen LogP contribution is 2.31. The maximum atomic E-state index is 12.4. The van der Waals surface area contributed by atoms with Crippen LogP contribution < -0.4 is 15.4 Å². The van der Waals surface area contributed by atoms with Gasteiger partial charge in [-0.1, -0.05) is 40.9 Å². The quantitative estimate of drug-likeness (QED) is 0.318. The molecule has 0 fully saturated rings. The Balaban J connectivity index is 2.18. The fraction of sp³-hybridized carbons (Fsp3) is 0.188. The highest BCUT2D eigenvalue weighted by Gasteiger charge is 2.34. The molecular weight excluding hydrogens is 405 g/mol. The number of nitro benzene ring substituents is 1. The molecule has 0 aliphatic rings. The largest absolute Gasteiger partial charge is 0.497 e. The summed E-state index contributed by atoms with van der Waals surface area (Å²) in [5, 5.41) is 16.2. The molecule has 2 aromatic carbocycles. The molecule has 0 aliphatic carbocycles. The number of nitro groups is 1. The molecule has 0 heterocycles. The summed E-state index contributed by atoms with van der Waals surface area (Å²) in [7, 11) is 1.53. The fourth-order valence-corrected chi connectivity index (χ4v) is 2.36. The number of non-ortho nitro benzene ring substituents is 1. The first-order valence-electron chi connectivity index (χ1n) is 7.23. The van der Waals surface area contributed by atoms with Gasteiger partial charge < -0.3 is 15.4 Å². The van der Waals surface area contributed by atoms with Gasteiger partial charge in [-0.05, 0) is 30.3 Å². The second-order valence-electron chi connectivity index (χ2n) is 5.13. The predicted octanol–water partition coefficient (Wildman–Crippen LogP) is 4.14. The number of anilines is 1. The Morgan fingerprint density at radius 3 is 2.38 bits per heavy atom. The lowest BCUT2D eigenvalue weighted by Gasteiger charge is -2.27. The SMILES string of the molecule is COc1ccc(NC(NC(=O)c2cccc([N+](=O)[O-])c2)C(Cl)(Cl)Cl)cc1. The van der Waals surface area contributed by atoms with Gasteiger partial charge in [-0.15, -0.1) is 0 Å². The van der Waals surface area contributed by atoms with Crippen LogP contribution in [0, 0.1) is 10.1 Å². The van der Waals surface area contributed by atoms with E-state index in [1.807, 2.05) is 0 Å². The zero-order chi connectivity index (χ0) is 19.3. The molecule has 0 saturated carbocycles. The average molecular weight is 419 g/mol. The minimum absolute atomic E-state index is 0.0648. The number of hydrogen-bond acceptors (Lipinski definition) is 5. The lowest BCUT2D eigenvalue weighted by molar-refractivity contribution is -0.384. The number of alkyl halides is 3. The number of nitrogens with zero attached hydrogens (tertiary/aromatic N) is 1. The molecule has 0 radical (unpaired) electrons. The summed E-state index contributed by atoms with van der Waals surface area (Å²) in [5.74, 6) is 0.00708. The number of ether oxygens (including phenoxy) is 1. The van der Waals surface area contributed by atoms with Crippen molar-refractivity contribution < 1.29 is 14.5 Å². The number of benzene rings is 2. The third kappa shape index (κ3) is 5.39. The van der Waals surface area contributed by atoms with Gasteiger partial charge in [0.15, 0.2) is 0 Å². The first kappa shape index (κ1) is 20.1. The number of halogens is 3. The Morgan fingerprint density at radius 1 is 1.19 bits per heavy atom. The number of carbonyl (C=O) groups is 1. The van der Waals surface area contributed by atoms with Crippen molar-refractivity contribution in [2.75, 3.05) is 12.4 Å². The van der Waals surface area contributed by atoms with Crippen LogP contribution in [0.3, 0.4) is 0 Å². The van der Waals surface area contributed by atoms with Crippen LogP contribution in [0.2, 0.25) is 0 Å². The van der Waals surface area contributed by atoms with Crippen LogP contribution in [0.4, 0.5) is 11.4 Å². The molecule has 138 valence electrons. The molecule has 10 heteroatoms. The molecule has 7 nitrogen and oxygen atoms in total. The standard InChI is InChI=1S/C16H14Cl3N3O4/c1-26-13-7-5-11(6-8-13)20-15(16(17,18)19)21-14(23)10-3-2-4-12(9-10)22(24)25/h2-9,15,20H,1H3,(H,21,23). The maximum absolute atomic E-state index is 12.4. The Hall–Kier alpha value is -2.22. The topological polar surface area (TPSA) is 93.5 Å². The van der Waals surface area contributed by atoms with E-state index in [1.165, 1.54) is 25.3 Å². The van der Waals surface area contributed by atoms with Gasteiger partial charge in [-0.2, -0.15) is 0 Å². The number of amides is 1. The Bertz CT molecular complexity index is 794. The summed E-state index contributed by atoms with van der Waals surface area (Å²) in [5.41, 5.74) is 0.419. The average Bonchev–Trinajstić information content (AvgIpc) is 2.61. The zero-order valence-electron chi connectivity index (χ0n) is 13.4. The van der Waals surface area contributed by atoms with Crippen molar-refractivity contribution in [2.24, 2.45) is 0 Å². The predicted molar refractivity (Wildman–Crippen MR) is 101 cm³/mol. The lowest BCUT2D eigenvalue weighted by Crippen LogP contribution is -2.49. The molecule has 0 saturated heterocycles. The van der Waals surface area contributed by atoms with Gasteiger partial charge in [0.1, 0.15) is 11.9 Å². The smallest absolute Gasteiger partial charge is 0.270 e. The minimum atomic E-state index is -1.88. The molecule has 0 aromatic heterocycles. The van der Waals surface area contributed by atoms with Gasteiger partial charge in [-0.25, -0.2) is 0 Å². The number of carbonyl (C=O) groups excluding carboxylic acids is 1. The van der Waals surface area contributed by atoms with Crippen molar-refractivity contribution in [1.82, 2.24) is 5.32 Å². The second kappa shape index (κ2) is 8.44. The minimum Gasteiger partial charge on any atom is -0.497 e. The van der Waals surface area contributed by atoms with E-state index in [2.05, 4.69) is 10.6 Å². The molecule has 1 amide bonds. The van der Waals surface area contributed by atoms with Crippen LogP contribution in [0.1, 0.15) is 10.4 Å². The second-order valence-corrected chi connectivity index (χ2v) is 7.50. The maximum Gasteiger partial charge on any atom is 0.270 e. The molecule has 2 aromatic rings. The third-order valence-corrected chi connectivity index (χ3v) is 3.98. The number of rotatable bonds is 6. The van der Waals surface area contributed by atoms with Crippen LogP contribution in [0.15, 0.2) is 48.5 Å². The normalized spacial score (nSPS) is 12.2. The molecule has 26 heavy (non-hydrogen) atoms. The van der Waals surface area contributed by atoms with Crippen LogP contribution in [-0.4, -0.2) is 27.9 Å². The van der Waals surface area contributed by atoms with E-state index in [0.29, 0.717) is 11.4 Å². The molecular formula is C16H14Cl3N3O4. The van der Waals surface area contributed by atoms with Gasteiger partial charge >= 0.3 is 0 Å². The lowest BCUT2D eigenvalue weighted by atomic mass is 10.2. The van der Waals surface area contributed by atoms with E-state index in [1.54, 1.807) is 24.3 Å². The van der Waals surface area contributed by atoms with Gasteiger partial charge in [0.25, 0.3) is 11.6 Å². The van der Waals surface area contributed by atoms with Gasteiger partial charge in [0.2, 0.25) is 3.79 Å². The van der Waals surface area contributed by atoms with E-state index in [9.17, 15) is 14.9 Å². The monoisotopic (exact) mass is 417 g/mol. The van der Waals surface area contributed by atoms with E-state index < -0.39 is 20.8 Å². The molecule has 1 unspecified atom stereocenters. The van der Waals surface area contributed by atoms with Crippen molar-refractivity contribution >= 4 is 52.1 Å². The molecule has 2 rings (SSSR count). The summed E-state index contributed by atoms with van der Waals surface area (Å²) in [6.07, 6.45) is -1.09. The molecule has 1 atom stereocenters. The first-order chi connectivity index (χ1) is 12.2. The zero-order valence-corrected chi connectivity index (χ0v) is 15.7. The van der Waals surface area contributed by atoms with Crippen molar-refractivity contribution in [3.63, 3.8) is 0 Å². The number of hydrogen-bond donors (Lipinski definition) is 2. The van der Waals surface area contributed by atoms with Crippen LogP contribution in [0.25, 0.3) is 0 Å². The van der Waals surface area contributed by atoms with Gasteiger partial charge in [0.05, 0.1) is 12.0 Å². The van der Waals surface area contributed by atoms with Crippen LogP contribution >= 0.6 is 34.8 Å². The van der Waals surface area contributed by atoms with Crippen LogP contribution in [0.5, 0.6) is 5.75 Å². The van der Waals surface area contributed by atoms with E-state index in [0.717, 1.165) is 6.07 Å². The summed E-state index contributed by atoms with van der Waals surface area (Å²) in [6.45, 7) is 0. The summed E-state index contributed by atoms with van der Waals surface area (Å²) >= 11 is 17.8. The molecule has 0 spiro atoms. The highest BCUT2D eigenvalue weighted by atomic mass is 35.6. The van der Waals surface area contributed by atoms with Crippen molar-refractivity contribution in [3.05, 3.63) is 64.2 Å². The van der Waals surface area contributed by atoms with Crippen molar-refractivity contribution in [3.8, 4) is 5.75 Å². The third-order valence-electron chi connectivity index (χ3n) is 3.32. The Labute approximate surface area is 164 Å². The highest BCUT2D eigenvalue weighted by molar-refractivity contribution is 6.68. The van der Waals surface area contributed by atoms with E-state index in [4.69, 9.17) is 39.5 Å². The van der Waals surface area contributed by atoms with E-state index in [-0.39, 0.29) is 11.3 Å². The van der Waals surface area contributed by atoms with E-state index >= 15 is 0 Å². The Kier molecular flexibility index (Phi) is 6.52. The molecule has 0 aliphatic heterocycles. The van der Waals surface area contributed by atoms with Crippen molar-refractivity contribution in [1.29, 1.82) is 0 Å². The van der Waals surface area contributed by atoms with Crippen molar-refractivity contribution in [2.45, 2.75) is 9.96 Å². The molecule has 2 N–H and O–H groups in total. The fourth-order valence-electron chi connectivity index (χ4n) is 2.03. The first-order valence-corrected chi connectivity index (χ1v) is 8.36.